The van der Waals surface area contributed by atoms with Gasteiger partial charge in [-0.15, -0.1) is 0 Å². The molecule has 228 valence electrons. The van der Waals surface area contributed by atoms with Crippen LogP contribution in [-0.2, 0) is 24.8 Å². The van der Waals surface area contributed by atoms with Gasteiger partial charge in [-0.25, -0.2) is 24.7 Å². The van der Waals surface area contributed by atoms with Crippen LogP contribution in [0.2, 0.25) is 0 Å². The van der Waals surface area contributed by atoms with Gasteiger partial charge in [0.2, 0.25) is 0 Å². The van der Waals surface area contributed by atoms with Crippen molar-refractivity contribution < 1.29 is 33.8 Å². The number of methoxy groups -OCH3 is 2. The Bertz CT molecular complexity index is 1630. The largest absolute Gasteiger partial charge is 0.497 e. The third-order valence-electron chi connectivity index (χ3n) is 7.82. The van der Waals surface area contributed by atoms with E-state index in [0.717, 1.165) is 16.7 Å². The van der Waals surface area contributed by atoms with Gasteiger partial charge in [0, 0.05) is 0 Å². The van der Waals surface area contributed by atoms with Gasteiger partial charge in [0.05, 0.1) is 34.3 Å². The number of nitrogens with two attached hydrogens (primary N) is 1. The second kappa shape index (κ2) is 12.6. The Kier molecular flexibility index (Phi) is 8.42. The zero-order valence-electron chi connectivity index (χ0n) is 24.4. The summed E-state index contributed by atoms with van der Waals surface area (Å²) in [6.07, 6.45) is -0.911. The number of hydrogen-bond donors (Lipinski definition) is 2. The van der Waals surface area contributed by atoms with Crippen LogP contribution in [0.25, 0.3) is 11.2 Å². The highest BCUT2D eigenvalue weighted by Gasteiger charge is 2.49. The molecule has 3 heterocycles. The fraction of sp³-hybridized carbons (Fsp3) is 0.281. The SMILES string of the molecule is COO[C@@H]1[C@@H](O)[C@@H](COC(c2ccccc2)(c2ccc(OC)cc2)c2ccc(OC)cc2)O[C@H]1n1cnc2c(N)ncnc21. The maximum atomic E-state index is 11.5. The van der Waals surface area contributed by atoms with Gasteiger partial charge in [0.1, 0.15) is 41.2 Å². The van der Waals surface area contributed by atoms with E-state index in [4.69, 9.17) is 34.5 Å². The molecule has 0 aliphatic carbocycles. The summed E-state index contributed by atoms with van der Waals surface area (Å²) in [7, 11) is 4.61. The van der Waals surface area contributed by atoms with E-state index in [0.29, 0.717) is 22.7 Å². The standard InChI is InChI=1S/C32H33N5O7/c1-39-23-13-9-21(10-14-23)32(20-7-5-4-6-8-20,22-11-15-24(40-2)16-12-22)42-17-25-27(38)28(44-41-3)31(43-25)37-19-36-26-29(33)34-18-35-30(26)37/h4-16,18-19,25,27-28,31,38H,17H2,1-3H3,(H2,33,34,35)/t25-,27+,28-,31-/m1/s1. The van der Waals surface area contributed by atoms with Crippen molar-refractivity contribution in [1.29, 1.82) is 0 Å². The normalized spacial score (nSPS) is 20.2. The average molecular weight is 600 g/mol. The quantitative estimate of drug-likeness (QED) is 0.130. The number of aliphatic hydroxyl groups excluding tert-OH is 1. The van der Waals surface area contributed by atoms with Crippen molar-refractivity contribution in [3.8, 4) is 11.5 Å². The maximum absolute atomic E-state index is 11.5. The van der Waals surface area contributed by atoms with Crippen LogP contribution in [0.15, 0.2) is 91.5 Å². The fourth-order valence-electron chi connectivity index (χ4n) is 5.63. The number of anilines is 1. The molecule has 1 saturated heterocycles. The van der Waals surface area contributed by atoms with E-state index >= 15 is 0 Å². The molecule has 1 aliphatic heterocycles. The molecule has 0 bridgehead atoms. The molecule has 0 saturated carbocycles. The molecule has 2 aromatic heterocycles. The molecule has 0 spiro atoms. The van der Waals surface area contributed by atoms with Crippen molar-refractivity contribution in [3.05, 3.63) is 108 Å². The number of imidazole rings is 1. The minimum atomic E-state index is -1.14. The van der Waals surface area contributed by atoms with E-state index in [9.17, 15) is 5.11 Å². The average Bonchev–Trinajstić information content (AvgIpc) is 3.64. The van der Waals surface area contributed by atoms with Gasteiger partial charge in [-0.3, -0.25) is 4.57 Å². The van der Waals surface area contributed by atoms with Crippen LogP contribution >= 0.6 is 0 Å². The molecule has 12 nitrogen and oxygen atoms in total. The van der Waals surface area contributed by atoms with Gasteiger partial charge in [0.25, 0.3) is 0 Å². The zero-order valence-corrected chi connectivity index (χ0v) is 24.4. The topological polar surface area (TPSA) is 145 Å². The number of hydrogen-bond acceptors (Lipinski definition) is 11. The first kappa shape index (κ1) is 29.5. The van der Waals surface area contributed by atoms with Crippen molar-refractivity contribution in [2.24, 2.45) is 0 Å². The Morgan fingerprint density at radius 2 is 1.45 bits per heavy atom. The van der Waals surface area contributed by atoms with Gasteiger partial charge >= 0.3 is 0 Å². The van der Waals surface area contributed by atoms with Gasteiger partial charge in [-0.2, -0.15) is 0 Å². The predicted molar refractivity (Wildman–Crippen MR) is 160 cm³/mol. The predicted octanol–water partition coefficient (Wildman–Crippen LogP) is 3.64. The lowest BCUT2D eigenvalue weighted by molar-refractivity contribution is -0.327. The summed E-state index contributed by atoms with van der Waals surface area (Å²) >= 11 is 0. The van der Waals surface area contributed by atoms with E-state index < -0.39 is 30.1 Å². The Morgan fingerprint density at radius 3 is 2.05 bits per heavy atom. The monoisotopic (exact) mass is 599 g/mol. The second-order valence-electron chi connectivity index (χ2n) is 10.2. The van der Waals surface area contributed by atoms with Gasteiger partial charge < -0.3 is 29.8 Å². The molecule has 0 amide bonds. The molecular formula is C32H33N5O7. The maximum Gasteiger partial charge on any atom is 0.169 e. The highest BCUT2D eigenvalue weighted by Crippen LogP contribution is 2.43. The molecule has 1 aliphatic rings. The van der Waals surface area contributed by atoms with Crippen molar-refractivity contribution in [2.45, 2.75) is 30.1 Å². The number of aliphatic hydroxyl groups is 1. The van der Waals surface area contributed by atoms with Crippen LogP contribution < -0.4 is 15.2 Å². The number of rotatable bonds is 11. The number of fused-ring (bicyclic) bond motifs is 1. The minimum Gasteiger partial charge on any atom is -0.497 e. The van der Waals surface area contributed by atoms with Crippen LogP contribution in [0.4, 0.5) is 5.82 Å². The number of ether oxygens (including phenoxy) is 4. The first-order valence-electron chi connectivity index (χ1n) is 13.9. The first-order chi connectivity index (χ1) is 21.5. The van der Waals surface area contributed by atoms with Crippen molar-refractivity contribution in [1.82, 2.24) is 19.5 Å². The Labute approximate surface area is 253 Å². The van der Waals surface area contributed by atoms with Gasteiger partial charge in [-0.1, -0.05) is 54.6 Å². The molecule has 5 aromatic rings. The van der Waals surface area contributed by atoms with Crippen LogP contribution in [0.3, 0.4) is 0 Å². The summed E-state index contributed by atoms with van der Waals surface area (Å²) in [5, 5.41) is 11.5. The molecule has 1 fully saturated rings. The first-order valence-corrected chi connectivity index (χ1v) is 13.9. The summed E-state index contributed by atoms with van der Waals surface area (Å²) in [5.74, 6) is 1.64. The highest BCUT2D eigenvalue weighted by atomic mass is 17.2. The number of benzene rings is 3. The zero-order chi connectivity index (χ0) is 30.7. The third-order valence-corrected chi connectivity index (χ3v) is 7.82. The van der Waals surface area contributed by atoms with Gasteiger partial charge in [-0.05, 0) is 41.0 Å². The van der Waals surface area contributed by atoms with Crippen molar-refractivity contribution >= 4 is 17.0 Å². The molecule has 3 aromatic carbocycles. The molecular weight excluding hydrogens is 566 g/mol. The summed E-state index contributed by atoms with van der Waals surface area (Å²) in [4.78, 5) is 23.2. The fourth-order valence-corrected chi connectivity index (χ4v) is 5.63. The number of nitrogen functional groups attached to an aromatic ring is 1. The molecule has 3 N–H and O–H groups in total. The Balaban J connectivity index is 1.40. The highest BCUT2D eigenvalue weighted by molar-refractivity contribution is 5.81. The molecule has 0 unspecified atom stereocenters. The second-order valence-corrected chi connectivity index (χ2v) is 10.2. The lowest BCUT2D eigenvalue weighted by Gasteiger charge is -2.37. The molecule has 12 heteroatoms. The Morgan fingerprint density at radius 1 is 0.841 bits per heavy atom. The smallest absolute Gasteiger partial charge is 0.169 e. The van der Waals surface area contributed by atoms with Crippen molar-refractivity contribution in [2.75, 3.05) is 33.7 Å². The molecule has 4 atom stereocenters. The summed E-state index contributed by atoms with van der Waals surface area (Å²) in [5.41, 5.74) is 8.29. The van der Waals surface area contributed by atoms with Gasteiger partial charge in [0.15, 0.2) is 23.8 Å². The minimum absolute atomic E-state index is 0.0298. The molecule has 44 heavy (non-hydrogen) atoms. The lowest BCUT2D eigenvalue weighted by Crippen LogP contribution is -2.40. The van der Waals surface area contributed by atoms with Crippen molar-refractivity contribution in [3.63, 3.8) is 0 Å². The molecule has 6 rings (SSSR count). The van der Waals surface area contributed by atoms with E-state index in [-0.39, 0.29) is 12.4 Å². The molecule has 0 radical (unpaired) electrons. The Hall–Kier alpha value is -4.59. The van der Waals surface area contributed by atoms with E-state index in [1.54, 1.807) is 18.8 Å². The van der Waals surface area contributed by atoms with E-state index in [2.05, 4.69) is 15.0 Å². The van der Waals surface area contributed by atoms with E-state index in [1.807, 2.05) is 78.9 Å². The van der Waals surface area contributed by atoms with E-state index in [1.165, 1.54) is 19.8 Å². The van der Waals surface area contributed by atoms with Crippen LogP contribution in [-0.4, -0.2) is 70.9 Å². The van der Waals surface area contributed by atoms with Crippen LogP contribution in [0.5, 0.6) is 11.5 Å². The summed E-state index contributed by atoms with van der Waals surface area (Å²) in [6.45, 7) is -0.0298. The third kappa shape index (κ3) is 5.23. The van der Waals surface area contributed by atoms with Crippen LogP contribution in [0.1, 0.15) is 22.9 Å². The summed E-state index contributed by atoms with van der Waals surface area (Å²) < 4.78 is 25.9. The van der Waals surface area contributed by atoms with Crippen LogP contribution in [0, 0.1) is 0 Å². The number of nitrogens with zero attached hydrogens (tertiary/aromatic N) is 4. The number of aromatic nitrogens is 4. The lowest BCUT2D eigenvalue weighted by atomic mass is 9.80. The summed E-state index contributed by atoms with van der Waals surface area (Å²) in [6, 6.07) is 25.3.